The van der Waals surface area contributed by atoms with Crippen LogP contribution in [0.5, 0.6) is 0 Å². The molecule has 1 aliphatic rings. The highest BCUT2D eigenvalue weighted by Gasteiger charge is 2.16. The lowest BCUT2D eigenvalue weighted by Crippen LogP contribution is -2.36. The van der Waals surface area contributed by atoms with Gasteiger partial charge in [-0.25, -0.2) is 0 Å². The van der Waals surface area contributed by atoms with E-state index in [1.807, 2.05) is 30.3 Å². The number of nitrogens with zero attached hydrogens (tertiary/aromatic N) is 1. The fourth-order valence-electron chi connectivity index (χ4n) is 3.75. The second-order valence-corrected chi connectivity index (χ2v) is 7.96. The Morgan fingerprint density at radius 3 is 2.00 bits per heavy atom. The van der Waals surface area contributed by atoms with Gasteiger partial charge in [0.1, 0.15) is 11.6 Å². The van der Waals surface area contributed by atoms with Crippen LogP contribution in [0.1, 0.15) is 81.8 Å². The fourth-order valence-corrected chi connectivity index (χ4v) is 3.75. The second kappa shape index (κ2) is 13.8. The number of hydrogen-bond donors (Lipinski definition) is 3. The smallest absolute Gasteiger partial charge is 0.263 e. The lowest BCUT2D eigenvalue weighted by molar-refractivity contribution is -0.117. The maximum absolute atomic E-state index is 12.6. The monoisotopic (exact) mass is 397 g/mol. The van der Waals surface area contributed by atoms with Gasteiger partial charge in [0.25, 0.3) is 5.91 Å². The molecule has 1 aromatic carbocycles. The first-order valence-corrected chi connectivity index (χ1v) is 11.1. The van der Waals surface area contributed by atoms with Crippen molar-refractivity contribution in [2.45, 2.75) is 89.8 Å². The summed E-state index contributed by atoms with van der Waals surface area (Å²) in [5.74, 6) is -0.285. The summed E-state index contributed by atoms with van der Waals surface area (Å²) in [6.45, 7) is 0.543. The molecule has 0 atom stereocenters. The Bertz CT molecular complexity index is 664. The van der Waals surface area contributed by atoms with E-state index in [-0.39, 0.29) is 24.1 Å². The van der Waals surface area contributed by atoms with Crippen LogP contribution in [0.4, 0.5) is 0 Å². The van der Waals surface area contributed by atoms with Crippen LogP contribution in [0.15, 0.2) is 36.0 Å². The van der Waals surface area contributed by atoms with Crippen LogP contribution in [0, 0.1) is 11.3 Å². The van der Waals surface area contributed by atoms with E-state index in [4.69, 9.17) is 5.11 Å². The van der Waals surface area contributed by atoms with Crippen molar-refractivity contribution in [1.82, 2.24) is 10.6 Å². The number of carbonyl (C=O) groups excluding carboxylic acids is 1. The van der Waals surface area contributed by atoms with E-state index >= 15 is 0 Å². The molecule has 1 amide bonds. The number of carbonyl (C=O) groups is 1. The summed E-state index contributed by atoms with van der Waals surface area (Å²) in [5.41, 5.74) is 2.00. The molecule has 0 saturated heterocycles. The molecule has 5 heteroatoms. The molecule has 29 heavy (non-hydrogen) atoms. The maximum atomic E-state index is 12.6. The minimum Gasteiger partial charge on any atom is -0.392 e. The molecule has 0 aliphatic heterocycles. The number of rotatable bonds is 6. The molecule has 0 radical (unpaired) electrons. The molecular weight excluding hydrogens is 362 g/mol. The summed E-state index contributed by atoms with van der Waals surface area (Å²) in [7, 11) is 0. The fraction of sp³-hybridized carbons (Fsp3) is 0.583. The predicted molar refractivity (Wildman–Crippen MR) is 116 cm³/mol. The highest BCUT2D eigenvalue weighted by Crippen LogP contribution is 2.17. The highest BCUT2D eigenvalue weighted by molar-refractivity contribution is 5.97. The minimum atomic E-state index is -0.285. The Hall–Kier alpha value is -2.32. The summed E-state index contributed by atoms with van der Waals surface area (Å²) >= 11 is 0. The summed E-state index contributed by atoms with van der Waals surface area (Å²) in [4.78, 5) is 12.6. The van der Waals surface area contributed by atoms with Gasteiger partial charge < -0.3 is 15.7 Å². The van der Waals surface area contributed by atoms with Gasteiger partial charge in [0.15, 0.2) is 0 Å². The van der Waals surface area contributed by atoms with Crippen molar-refractivity contribution >= 4 is 5.91 Å². The lowest BCUT2D eigenvalue weighted by Gasteiger charge is -2.19. The zero-order chi connectivity index (χ0) is 20.7. The van der Waals surface area contributed by atoms with Gasteiger partial charge in [-0.2, -0.15) is 5.26 Å². The molecule has 0 spiro atoms. The standard InChI is InChI=1S/C24H35N3O2/c25-16-22(18-26-17-20-12-14-21(19-28)15-13-20)24(29)27-23-10-8-6-4-2-1-3-5-7-9-11-23/h12-15,18,23,26,28H,1-11,17,19H2,(H,27,29)/b22-18-. The molecule has 0 heterocycles. The number of nitrogens with one attached hydrogen (secondary N) is 2. The van der Waals surface area contributed by atoms with Crippen molar-refractivity contribution in [2.75, 3.05) is 0 Å². The van der Waals surface area contributed by atoms with Crippen molar-refractivity contribution in [3.63, 3.8) is 0 Å². The van der Waals surface area contributed by atoms with Gasteiger partial charge in [-0.1, -0.05) is 82.1 Å². The molecule has 1 aliphatic carbocycles. The molecule has 1 saturated carbocycles. The molecule has 1 fully saturated rings. The van der Waals surface area contributed by atoms with Crippen LogP contribution in [0.25, 0.3) is 0 Å². The van der Waals surface area contributed by atoms with Crippen molar-refractivity contribution in [3.05, 3.63) is 47.2 Å². The summed E-state index contributed by atoms with van der Waals surface area (Å²) in [6, 6.07) is 9.74. The third-order valence-electron chi connectivity index (χ3n) is 5.56. The third kappa shape index (κ3) is 9.15. The van der Waals surface area contributed by atoms with Crippen LogP contribution >= 0.6 is 0 Å². The molecule has 158 valence electrons. The van der Waals surface area contributed by atoms with Crippen LogP contribution in [0.2, 0.25) is 0 Å². The first kappa shape index (κ1) is 23.0. The van der Waals surface area contributed by atoms with E-state index in [0.29, 0.717) is 6.54 Å². The Kier molecular flexibility index (Phi) is 10.9. The summed E-state index contributed by atoms with van der Waals surface area (Å²) in [6.07, 6.45) is 14.8. The van der Waals surface area contributed by atoms with E-state index < -0.39 is 0 Å². The number of benzene rings is 1. The summed E-state index contributed by atoms with van der Waals surface area (Å²) in [5, 5.41) is 24.6. The number of amides is 1. The quantitative estimate of drug-likeness (QED) is 0.488. The predicted octanol–water partition coefficient (Wildman–Crippen LogP) is 4.47. The number of nitriles is 1. The zero-order valence-electron chi connectivity index (χ0n) is 17.5. The van der Waals surface area contributed by atoms with Gasteiger partial charge in [-0.05, 0) is 24.0 Å². The van der Waals surface area contributed by atoms with Crippen molar-refractivity contribution in [2.24, 2.45) is 0 Å². The van der Waals surface area contributed by atoms with Crippen molar-refractivity contribution < 1.29 is 9.90 Å². The average molecular weight is 398 g/mol. The largest absolute Gasteiger partial charge is 0.392 e. The summed E-state index contributed by atoms with van der Waals surface area (Å²) < 4.78 is 0. The Labute approximate surface area is 175 Å². The van der Waals surface area contributed by atoms with Crippen LogP contribution < -0.4 is 10.6 Å². The van der Waals surface area contributed by atoms with Gasteiger partial charge in [0.2, 0.25) is 0 Å². The number of hydrogen-bond acceptors (Lipinski definition) is 4. The minimum absolute atomic E-state index is 0.0214. The molecular formula is C24H35N3O2. The molecule has 5 nitrogen and oxygen atoms in total. The Balaban J connectivity index is 1.84. The normalized spacial score (nSPS) is 17.4. The van der Waals surface area contributed by atoms with E-state index in [1.54, 1.807) is 0 Å². The second-order valence-electron chi connectivity index (χ2n) is 7.96. The van der Waals surface area contributed by atoms with Gasteiger partial charge >= 0.3 is 0 Å². The van der Waals surface area contributed by atoms with E-state index in [1.165, 1.54) is 51.1 Å². The van der Waals surface area contributed by atoms with Crippen LogP contribution in [-0.4, -0.2) is 17.1 Å². The molecule has 0 unspecified atom stereocenters. The van der Waals surface area contributed by atoms with Gasteiger partial charge in [-0.15, -0.1) is 0 Å². The first-order valence-electron chi connectivity index (χ1n) is 11.1. The van der Waals surface area contributed by atoms with E-state index in [0.717, 1.165) is 36.8 Å². The van der Waals surface area contributed by atoms with Crippen molar-refractivity contribution in [1.29, 1.82) is 5.26 Å². The molecule has 2 rings (SSSR count). The number of aliphatic hydroxyl groups is 1. The lowest BCUT2D eigenvalue weighted by atomic mass is 9.98. The van der Waals surface area contributed by atoms with Gasteiger partial charge in [0, 0.05) is 18.8 Å². The molecule has 3 N–H and O–H groups in total. The number of aliphatic hydroxyl groups excluding tert-OH is 1. The average Bonchev–Trinajstić information content (AvgIpc) is 2.73. The third-order valence-corrected chi connectivity index (χ3v) is 5.56. The molecule has 0 bridgehead atoms. The maximum Gasteiger partial charge on any atom is 0.263 e. The molecule has 1 aromatic rings. The Morgan fingerprint density at radius 1 is 0.966 bits per heavy atom. The SMILES string of the molecule is N#C/C(=C/NCc1ccc(CO)cc1)C(=O)NC1CCCCCCCCCCC1. The topological polar surface area (TPSA) is 85.2 Å². The van der Waals surface area contributed by atoms with Crippen LogP contribution in [0.3, 0.4) is 0 Å². The zero-order valence-corrected chi connectivity index (χ0v) is 17.5. The van der Waals surface area contributed by atoms with Gasteiger partial charge in [-0.3, -0.25) is 4.79 Å². The highest BCUT2D eigenvalue weighted by atomic mass is 16.3. The van der Waals surface area contributed by atoms with Crippen molar-refractivity contribution in [3.8, 4) is 6.07 Å². The van der Waals surface area contributed by atoms with Gasteiger partial charge in [0.05, 0.1) is 6.61 Å². The van der Waals surface area contributed by atoms with Crippen LogP contribution in [-0.2, 0) is 17.9 Å². The van der Waals surface area contributed by atoms with E-state index in [9.17, 15) is 10.1 Å². The Morgan fingerprint density at radius 2 is 1.48 bits per heavy atom. The first-order chi connectivity index (χ1) is 14.2. The van der Waals surface area contributed by atoms with E-state index in [2.05, 4.69) is 10.6 Å². The molecule has 0 aromatic heterocycles.